The minimum absolute atomic E-state index is 0.00556. The molecule has 5 rings (SSSR count). The van der Waals surface area contributed by atoms with Crippen molar-refractivity contribution < 1.29 is 41.8 Å². The molecule has 3 heterocycles. The van der Waals surface area contributed by atoms with Crippen molar-refractivity contribution in [3.8, 4) is 5.75 Å². The van der Waals surface area contributed by atoms with Crippen LogP contribution in [-0.2, 0) is 25.8 Å². The maximum absolute atomic E-state index is 14.5. The van der Waals surface area contributed by atoms with Crippen molar-refractivity contribution in [3.63, 3.8) is 0 Å². The van der Waals surface area contributed by atoms with Crippen molar-refractivity contribution in [2.75, 3.05) is 64.3 Å². The van der Waals surface area contributed by atoms with E-state index >= 15 is 0 Å². The molecule has 0 radical (unpaired) electrons. The number of sulfone groups is 1. The molecule has 2 aromatic rings. The Hall–Kier alpha value is -3.92. The lowest BCUT2D eigenvalue weighted by molar-refractivity contribution is -0.133. The van der Waals surface area contributed by atoms with Crippen LogP contribution in [0.1, 0.15) is 24.0 Å². The third-order valence-electron chi connectivity index (χ3n) is 8.81. The van der Waals surface area contributed by atoms with Gasteiger partial charge in [0.25, 0.3) is 0 Å². The molecule has 0 bridgehead atoms. The molecule has 1 saturated heterocycles. The molecule has 0 spiro atoms. The van der Waals surface area contributed by atoms with Crippen molar-refractivity contribution in [3.05, 3.63) is 64.6 Å². The number of aliphatic hydroxyl groups is 1. The first-order valence-electron chi connectivity index (χ1n) is 15.4. The highest BCUT2D eigenvalue weighted by molar-refractivity contribution is 7.90. The molecule has 0 aliphatic carbocycles. The van der Waals surface area contributed by atoms with E-state index in [9.17, 15) is 32.3 Å². The van der Waals surface area contributed by atoms with Crippen LogP contribution in [0.2, 0.25) is 5.02 Å². The van der Waals surface area contributed by atoms with Gasteiger partial charge >= 0.3 is 12.1 Å². The van der Waals surface area contributed by atoms with E-state index in [1.165, 1.54) is 25.4 Å². The number of carbonyl (C=O) groups excluding carboxylic acids is 3. The lowest BCUT2D eigenvalue weighted by Gasteiger charge is -2.43. The van der Waals surface area contributed by atoms with Gasteiger partial charge in [-0.2, -0.15) is 0 Å². The molecule has 2 aromatic carbocycles. The number of rotatable bonds is 10. The van der Waals surface area contributed by atoms with Crippen LogP contribution < -0.4 is 10.1 Å². The van der Waals surface area contributed by atoms with Crippen LogP contribution in [0, 0.1) is 5.82 Å². The first-order chi connectivity index (χ1) is 22.8. The van der Waals surface area contributed by atoms with Crippen molar-refractivity contribution in [1.29, 1.82) is 0 Å². The summed E-state index contributed by atoms with van der Waals surface area (Å²) >= 11 is 6.25. The maximum Gasteiger partial charge on any atom is 0.327 e. The zero-order valence-electron chi connectivity index (χ0n) is 26.9. The second-order valence-corrected chi connectivity index (χ2v) is 14.7. The second-order valence-electron chi connectivity index (χ2n) is 12.1. The SMILES string of the molecule is COC[C@@H](CS(C)(=O)=O)N1C(=O)N(CC(=O)N2CCC(N3CCc4cc(OC)ccc4NC3=O)CC2)C=C(c2cccc(F)c2Cl)C1O. The van der Waals surface area contributed by atoms with Gasteiger partial charge in [-0.1, -0.05) is 23.7 Å². The van der Waals surface area contributed by atoms with Crippen LogP contribution >= 0.6 is 11.6 Å². The fraction of sp³-hybridized carbons (Fsp3) is 0.469. The highest BCUT2D eigenvalue weighted by Crippen LogP contribution is 2.35. The number of methoxy groups -OCH3 is 2. The number of benzene rings is 2. The third-order valence-corrected chi connectivity index (χ3v) is 10.2. The van der Waals surface area contributed by atoms with Crippen molar-refractivity contribution in [2.24, 2.45) is 0 Å². The number of nitrogens with one attached hydrogen (secondary N) is 1. The number of likely N-dealkylation sites (tertiary alicyclic amines) is 1. The van der Waals surface area contributed by atoms with Gasteiger partial charge in [0.05, 0.1) is 30.5 Å². The normalized spacial score (nSPS) is 19.8. The largest absolute Gasteiger partial charge is 0.497 e. The molecular weight excluding hydrogens is 669 g/mol. The first-order valence-corrected chi connectivity index (χ1v) is 17.9. The summed E-state index contributed by atoms with van der Waals surface area (Å²) in [7, 11) is -0.744. The fourth-order valence-corrected chi connectivity index (χ4v) is 7.61. The van der Waals surface area contributed by atoms with E-state index in [2.05, 4.69) is 5.32 Å². The average Bonchev–Trinajstić information content (AvgIpc) is 3.20. The van der Waals surface area contributed by atoms with Crippen molar-refractivity contribution in [1.82, 2.24) is 19.6 Å². The van der Waals surface area contributed by atoms with Crippen molar-refractivity contribution in [2.45, 2.75) is 37.6 Å². The number of ether oxygens (including phenoxy) is 2. The summed E-state index contributed by atoms with van der Waals surface area (Å²) in [5, 5.41) is 14.0. The highest BCUT2D eigenvalue weighted by atomic mass is 35.5. The van der Waals surface area contributed by atoms with Gasteiger partial charge in [-0.3, -0.25) is 14.6 Å². The van der Waals surface area contributed by atoms with E-state index < -0.39 is 52.2 Å². The standard InChI is InChI=1S/C32H39ClFN5O8S/c1-46-18-22(19-48(3,44)45)39-30(41)25(24-5-4-6-26(34)29(24)33)16-37(32(39)43)17-28(40)36-12-10-21(11-13-36)38-14-9-20-15-23(47-2)7-8-27(20)35-31(38)42/h4-8,15-16,21-22,30,41H,9-14,17-19H2,1-3H3,(H,35,42)/t22-,30?/m0/s1. The maximum atomic E-state index is 14.5. The summed E-state index contributed by atoms with van der Waals surface area (Å²) in [6.45, 7) is 0.475. The van der Waals surface area contributed by atoms with E-state index in [1.807, 2.05) is 12.1 Å². The highest BCUT2D eigenvalue weighted by Gasteiger charge is 2.42. The molecule has 3 aliphatic heterocycles. The molecule has 0 saturated carbocycles. The molecule has 1 fully saturated rings. The van der Waals surface area contributed by atoms with Crippen LogP contribution in [-0.4, -0.2) is 128 Å². The van der Waals surface area contributed by atoms with Crippen LogP contribution in [0.5, 0.6) is 5.75 Å². The number of nitrogens with zero attached hydrogens (tertiary/aromatic N) is 4. The van der Waals surface area contributed by atoms with Gasteiger partial charge in [0.15, 0.2) is 6.23 Å². The van der Waals surface area contributed by atoms with Gasteiger partial charge in [-0.25, -0.2) is 22.4 Å². The van der Waals surface area contributed by atoms with E-state index in [0.717, 1.165) is 33.4 Å². The molecule has 48 heavy (non-hydrogen) atoms. The number of hydrogen-bond acceptors (Lipinski definition) is 8. The van der Waals surface area contributed by atoms with Gasteiger partial charge < -0.3 is 29.7 Å². The predicted octanol–water partition coefficient (Wildman–Crippen LogP) is 3.03. The Kier molecular flexibility index (Phi) is 10.8. The number of halogens is 2. The summed E-state index contributed by atoms with van der Waals surface area (Å²) in [4.78, 5) is 45.9. The minimum atomic E-state index is -3.66. The van der Waals surface area contributed by atoms with E-state index in [-0.39, 0.29) is 34.8 Å². The molecule has 2 N–H and O–H groups in total. The van der Waals surface area contributed by atoms with Crippen LogP contribution in [0.3, 0.4) is 0 Å². The molecule has 0 aromatic heterocycles. The number of aliphatic hydroxyl groups excluding tert-OH is 1. The molecule has 13 nitrogen and oxygen atoms in total. The Morgan fingerprint density at radius 2 is 1.88 bits per heavy atom. The second kappa shape index (κ2) is 14.7. The van der Waals surface area contributed by atoms with Gasteiger partial charge in [0.1, 0.15) is 27.9 Å². The number of carbonyl (C=O) groups is 3. The number of hydrogen-bond donors (Lipinski definition) is 2. The lowest BCUT2D eigenvalue weighted by atomic mass is 10.0. The molecule has 1 unspecified atom stereocenters. The summed E-state index contributed by atoms with van der Waals surface area (Å²) in [6.07, 6.45) is 2.19. The predicted molar refractivity (Wildman–Crippen MR) is 177 cm³/mol. The van der Waals surface area contributed by atoms with Gasteiger partial charge in [-0.15, -0.1) is 0 Å². The van der Waals surface area contributed by atoms with Gasteiger partial charge in [0, 0.05) is 62.1 Å². The van der Waals surface area contributed by atoms with E-state index in [1.54, 1.807) is 23.0 Å². The molecular formula is C32H39ClFN5O8S. The summed E-state index contributed by atoms with van der Waals surface area (Å²) in [5.41, 5.74) is 1.79. The number of amides is 5. The third kappa shape index (κ3) is 7.69. The molecule has 3 aliphatic rings. The Morgan fingerprint density at radius 1 is 1.15 bits per heavy atom. The molecule has 16 heteroatoms. The molecule has 5 amide bonds. The van der Waals surface area contributed by atoms with Crippen LogP contribution in [0.15, 0.2) is 42.6 Å². The Balaban J connectivity index is 1.32. The fourth-order valence-electron chi connectivity index (χ4n) is 6.42. The number of piperidine rings is 1. The lowest BCUT2D eigenvalue weighted by Crippen LogP contribution is -2.59. The van der Waals surface area contributed by atoms with E-state index in [0.29, 0.717) is 44.6 Å². The average molecular weight is 708 g/mol. The minimum Gasteiger partial charge on any atom is -0.497 e. The number of fused-ring (bicyclic) bond motifs is 1. The van der Waals surface area contributed by atoms with Crippen molar-refractivity contribution >= 4 is 50.7 Å². The summed E-state index contributed by atoms with van der Waals surface area (Å²) in [5.74, 6) is -0.988. The van der Waals surface area contributed by atoms with E-state index in [4.69, 9.17) is 21.1 Å². The zero-order chi connectivity index (χ0) is 34.7. The number of anilines is 1. The van der Waals surface area contributed by atoms with Gasteiger partial charge in [-0.05, 0) is 49.1 Å². The zero-order valence-corrected chi connectivity index (χ0v) is 28.5. The Bertz CT molecular complexity index is 1700. The summed E-state index contributed by atoms with van der Waals surface area (Å²) < 4.78 is 49.6. The first kappa shape index (κ1) is 35.4. The smallest absolute Gasteiger partial charge is 0.327 e. The number of urea groups is 2. The van der Waals surface area contributed by atoms with Crippen LogP contribution in [0.25, 0.3) is 5.57 Å². The molecule has 2 atom stereocenters. The topological polar surface area (TPSA) is 149 Å². The Morgan fingerprint density at radius 3 is 2.54 bits per heavy atom. The van der Waals surface area contributed by atoms with Gasteiger partial charge in [0.2, 0.25) is 5.91 Å². The van der Waals surface area contributed by atoms with Crippen LogP contribution in [0.4, 0.5) is 19.7 Å². The quantitative estimate of drug-likeness (QED) is 0.383. The molecule has 260 valence electrons. The monoisotopic (exact) mass is 707 g/mol. The Labute approximate surface area is 283 Å². The summed E-state index contributed by atoms with van der Waals surface area (Å²) in [6, 6.07) is 7.20.